The first-order valence-corrected chi connectivity index (χ1v) is 7.00. The number of aromatic nitrogens is 2. The van der Waals surface area contributed by atoms with Gasteiger partial charge in [-0.3, -0.25) is 9.59 Å². The summed E-state index contributed by atoms with van der Waals surface area (Å²) in [4.78, 5) is 26.4. The standard InChI is InChI=1S/C16H10N4O5/c17-6-9-15-11(12(20-25-15)8-4-2-1-3-5-8)14(23)13(19-9)16(24)18-7-10(21)22/h1-5,23H,7H2,(H,18,24)(H,21,22). The molecular weight excluding hydrogens is 328 g/mol. The highest BCUT2D eigenvalue weighted by Gasteiger charge is 2.25. The van der Waals surface area contributed by atoms with Crippen LogP contribution in [-0.2, 0) is 4.79 Å². The molecule has 0 aliphatic rings. The molecule has 25 heavy (non-hydrogen) atoms. The Kier molecular flexibility index (Phi) is 4.01. The van der Waals surface area contributed by atoms with Gasteiger partial charge in [-0.2, -0.15) is 5.26 Å². The van der Waals surface area contributed by atoms with E-state index < -0.39 is 29.9 Å². The SMILES string of the molecule is N#Cc1nc(C(=O)NCC(=O)O)c(O)c2c(-c3ccccc3)noc12. The molecule has 0 aliphatic heterocycles. The van der Waals surface area contributed by atoms with Crippen LogP contribution in [0.3, 0.4) is 0 Å². The number of nitrogens with one attached hydrogen (secondary N) is 1. The van der Waals surface area contributed by atoms with Gasteiger partial charge in [0.05, 0.1) is 5.39 Å². The number of hydrogen-bond acceptors (Lipinski definition) is 7. The third-order valence-corrected chi connectivity index (χ3v) is 3.36. The minimum atomic E-state index is -1.26. The van der Waals surface area contributed by atoms with Crippen molar-refractivity contribution >= 4 is 22.8 Å². The zero-order valence-electron chi connectivity index (χ0n) is 12.6. The van der Waals surface area contributed by atoms with Gasteiger partial charge < -0.3 is 20.1 Å². The summed E-state index contributed by atoms with van der Waals surface area (Å²) in [5.74, 6) is -2.74. The molecule has 2 aromatic heterocycles. The van der Waals surface area contributed by atoms with E-state index in [4.69, 9.17) is 9.63 Å². The molecule has 0 aliphatic carbocycles. The monoisotopic (exact) mass is 338 g/mol. The second-order valence-electron chi connectivity index (χ2n) is 4.95. The number of carbonyl (C=O) groups excluding carboxylic acids is 1. The summed E-state index contributed by atoms with van der Waals surface area (Å²) in [7, 11) is 0. The lowest BCUT2D eigenvalue weighted by Crippen LogP contribution is -2.30. The Morgan fingerprint density at radius 2 is 2.00 bits per heavy atom. The molecule has 9 nitrogen and oxygen atoms in total. The second-order valence-corrected chi connectivity index (χ2v) is 4.95. The van der Waals surface area contributed by atoms with Crippen molar-refractivity contribution < 1.29 is 24.3 Å². The Morgan fingerprint density at radius 1 is 1.28 bits per heavy atom. The normalized spacial score (nSPS) is 10.4. The summed E-state index contributed by atoms with van der Waals surface area (Å²) in [5.41, 5.74) is 0.0464. The van der Waals surface area contributed by atoms with E-state index in [1.54, 1.807) is 36.4 Å². The first-order chi connectivity index (χ1) is 12.0. The molecule has 0 fully saturated rings. The van der Waals surface area contributed by atoms with Crippen LogP contribution in [0, 0.1) is 11.3 Å². The number of carboxylic acid groups (broad SMARTS) is 1. The average Bonchev–Trinajstić information content (AvgIpc) is 3.06. The Hall–Kier alpha value is -3.93. The van der Waals surface area contributed by atoms with Gasteiger partial charge in [0.2, 0.25) is 5.58 Å². The average molecular weight is 338 g/mol. The van der Waals surface area contributed by atoms with Gasteiger partial charge in [0, 0.05) is 5.56 Å². The third-order valence-electron chi connectivity index (χ3n) is 3.36. The summed E-state index contributed by atoms with van der Waals surface area (Å²) >= 11 is 0. The molecule has 9 heteroatoms. The van der Waals surface area contributed by atoms with Gasteiger partial charge in [0.25, 0.3) is 5.91 Å². The van der Waals surface area contributed by atoms with E-state index in [0.29, 0.717) is 5.56 Å². The number of fused-ring (bicyclic) bond motifs is 1. The highest BCUT2D eigenvalue weighted by atomic mass is 16.5. The lowest BCUT2D eigenvalue weighted by Gasteiger charge is -2.06. The first-order valence-electron chi connectivity index (χ1n) is 7.00. The lowest BCUT2D eigenvalue weighted by atomic mass is 10.1. The number of carbonyl (C=O) groups is 2. The number of nitrogens with zero attached hydrogens (tertiary/aromatic N) is 3. The zero-order valence-corrected chi connectivity index (χ0v) is 12.6. The maximum absolute atomic E-state index is 12.1. The number of nitriles is 1. The molecule has 0 radical (unpaired) electrons. The van der Waals surface area contributed by atoms with E-state index >= 15 is 0 Å². The van der Waals surface area contributed by atoms with Crippen molar-refractivity contribution in [2.24, 2.45) is 0 Å². The number of pyridine rings is 1. The Morgan fingerprint density at radius 3 is 2.64 bits per heavy atom. The summed E-state index contributed by atoms with van der Waals surface area (Å²) in [6.45, 7) is -0.658. The van der Waals surface area contributed by atoms with Crippen molar-refractivity contribution in [2.75, 3.05) is 6.54 Å². The summed E-state index contributed by atoms with van der Waals surface area (Å²) in [5, 5.41) is 34.3. The van der Waals surface area contributed by atoms with Crippen LogP contribution < -0.4 is 5.32 Å². The van der Waals surface area contributed by atoms with Crippen LogP contribution in [0.4, 0.5) is 0 Å². The molecule has 1 amide bonds. The Labute approximate surface area is 140 Å². The number of rotatable bonds is 4. The smallest absolute Gasteiger partial charge is 0.322 e. The predicted molar refractivity (Wildman–Crippen MR) is 83.6 cm³/mol. The van der Waals surface area contributed by atoms with Crippen molar-refractivity contribution in [1.82, 2.24) is 15.5 Å². The molecule has 3 aromatic rings. The van der Waals surface area contributed by atoms with Gasteiger partial charge in [0.15, 0.2) is 17.1 Å². The van der Waals surface area contributed by atoms with E-state index in [-0.39, 0.29) is 22.4 Å². The molecule has 1 aromatic carbocycles. The molecule has 0 saturated heterocycles. The van der Waals surface area contributed by atoms with E-state index in [1.807, 2.05) is 0 Å². The second kappa shape index (κ2) is 6.29. The topological polar surface area (TPSA) is 149 Å². The maximum Gasteiger partial charge on any atom is 0.322 e. The van der Waals surface area contributed by atoms with Crippen molar-refractivity contribution in [3.05, 3.63) is 41.7 Å². The van der Waals surface area contributed by atoms with Crippen molar-refractivity contribution in [1.29, 1.82) is 5.26 Å². The molecule has 0 unspecified atom stereocenters. The fourth-order valence-corrected chi connectivity index (χ4v) is 2.27. The van der Waals surface area contributed by atoms with Crippen LogP contribution in [0.25, 0.3) is 22.2 Å². The van der Waals surface area contributed by atoms with Crippen LogP contribution in [0.15, 0.2) is 34.9 Å². The number of benzene rings is 1. The fourth-order valence-electron chi connectivity index (χ4n) is 2.27. The highest BCUT2D eigenvalue weighted by molar-refractivity contribution is 6.06. The van der Waals surface area contributed by atoms with E-state index in [0.717, 1.165) is 0 Å². The van der Waals surface area contributed by atoms with Crippen molar-refractivity contribution in [3.63, 3.8) is 0 Å². The van der Waals surface area contributed by atoms with Crippen LogP contribution in [0.1, 0.15) is 16.2 Å². The minimum absolute atomic E-state index is 0.0539. The Bertz CT molecular complexity index is 1020. The highest BCUT2D eigenvalue weighted by Crippen LogP contribution is 2.37. The van der Waals surface area contributed by atoms with E-state index in [9.17, 15) is 20.0 Å². The molecule has 2 heterocycles. The molecule has 0 saturated carbocycles. The number of carboxylic acids is 1. The van der Waals surface area contributed by atoms with Crippen LogP contribution in [0.2, 0.25) is 0 Å². The number of aliphatic carboxylic acids is 1. The van der Waals surface area contributed by atoms with Gasteiger partial charge in [-0.15, -0.1) is 0 Å². The number of hydrogen-bond donors (Lipinski definition) is 3. The van der Waals surface area contributed by atoms with Crippen LogP contribution in [-0.4, -0.2) is 38.8 Å². The van der Waals surface area contributed by atoms with Crippen molar-refractivity contribution in [3.8, 4) is 23.1 Å². The Balaban J connectivity index is 2.21. The largest absolute Gasteiger partial charge is 0.505 e. The van der Waals surface area contributed by atoms with Gasteiger partial charge in [-0.05, 0) is 0 Å². The summed E-state index contributed by atoms with van der Waals surface area (Å²) < 4.78 is 5.12. The molecule has 3 rings (SSSR count). The van der Waals surface area contributed by atoms with Gasteiger partial charge in [-0.1, -0.05) is 35.5 Å². The van der Waals surface area contributed by atoms with E-state index in [1.165, 1.54) is 0 Å². The summed E-state index contributed by atoms with van der Waals surface area (Å²) in [6, 6.07) is 10.5. The van der Waals surface area contributed by atoms with Crippen LogP contribution in [0.5, 0.6) is 5.75 Å². The minimum Gasteiger partial charge on any atom is -0.505 e. The lowest BCUT2D eigenvalue weighted by molar-refractivity contribution is -0.135. The molecule has 0 spiro atoms. The van der Waals surface area contributed by atoms with Gasteiger partial charge in [0.1, 0.15) is 18.3 Å². The zero-order chi connectivity index (χ0) is 18.0. The van der Waals surface area contributed by atoms with E-state index in [2.05, 4.69) is 15.5 Å². The van der Waals surface area contributed by atoms with Crippen molar-refractivity contribution in [2.45, 2.75) is 0 Å². The quantitative estimate of drug-likeness (QED) is 0.644. The first kappa shape index (κ1) is 15.9. The predicted octanol–water partition coefficient (Wildman–Crippen LogP) is 1.28. The molecule has 124 valence electrons. The van der Waals surface area contributed by atoms with Crippen LogP contribution >= 0.6 is 0 Å². The summed E-state index contributed by atoms with van der Waals surface area (Å²) in [6.07, 6.45) is 0. The molecule has 0 atom stereocenters. The van der Waals surface area contributed by atoms with Gasteiger partial charge >= 0.3 is 5.97 Å². The number of amides is 1. The molecule has 3 N–H and O–H groups in total. The molecule has 0 bridgehead atoms. The number of aromatic hydroxyl groups is 1. The fraction of sp³-hybridized carbons (Fsp3) is 0.0625. The van der Waals surface area contributed by atoms with Gasteiger partial charge in [-0.25, -0.2) is 4.98 Å². The molecular formula is C16H10N4O5. The maximum atomic E-state index is 12.1. The third kappa shape index (κ3) is 2.84.